The summed E-state index contributed by atoms with van der Waals surface area (Å²) in [6, 6.07) is 7.75. The molecule has 2 atom stereocenters. The smallest absolute Gasteiger partial charge is 0.227 e. The van der Waals surface area contributed by atoms with Gasteiger partial charge in [0.1, 0.15) is 5.75 Å². The van der Waals surface area contributed by atoms with Gasteiger partial charge in [-0.25, -0.2) is 0 Å². The van der Waals surface area contributed by atoms with Crippen molar-refractivity contribution in [2.75, 3.05) is 20.2 Å². The topological polar surface area (TPSA) is 50.4 Å². The van der Waals surface area contributed by atoms with E-state index in [1.165, 1.54) is 0 Å². The van der Waals surface area contributed by atoms with Gasteiger partial charge < -0.3 is 15.4 Å². The fraction of sp³-hybridized carbons (Fsp3) is 0.562. The van der Waals surface area contributed by atoms with Crippen molar-refractivity contribution in [3.63, 3.8) is 0 Å². The second kappa shape index (κ2) is 6.27. The quantitative estimate of drug-likeness (QED) is 0.887. The molecule has 0 spiro atoms. The number of rotatable bonds is 4. The highest BCUT2D eigenvalue weighted by molar-refractivity contribution is 5.83. The third kappa shape index (κ3) is 3.12. The molecule has 2 rings (SSSR count). The lowest BCUT2D eigenvalue weighted by Crippen LogP contribution is -2.49. The van der Waals surface area contributed by atoms with E-state index in [1.54, 1.807) is 7.11 Å². The normalized spacial score (nSPS) is 23.9. The van der Waals surface area contributed by atoms with Crippen LogP contribution in [0.4, 0.5) is 0 Å². The van der Waals surface area contributed by atoms with Crippen LogP contribution in [0.3, 0.4) is 0 Å². The van der Waals surface area contributed by atoms with E-state index in [1.807, 2.05) is 38.1 Å². The van der Waals surface area contributed by atoms with E-state index in [4.69, 9.17) is 4.74 Å². The first kappa shape index (κ1) is 14.9. The summed E-state index contributed by atoms with van der Waals surface area (Å²) in [4.78, 5) is 12.5. The third-order valence-corrected chi connectivity index (χ3v) is 4.10. The number of carbonyl (C=O) groups is 1. The first-order valence-corrected chi connectivity index (χ1v) is 7.21. The monoisotopic (exact) mass is 276 g/mol. The zero-order valence-electron chi connectivity index (χ0n) is 12.5. The van der Waals surface area contributed by atoms with Gasteiger partial charge in [0, 0.05) is 12.1 Å². The molecule has 4 nitrogen and oxygen atoms in total. The molecule has 0 aliphatic carbocycles. The SMILES string of the molecule is COc1ccccc1[C@H](C)NC(=O)C1(C)CCCNC1. The standard InChI is InChI=1S/C16H24N2O2/c1-12(13-7-4-5-8-14(13)20-3)18-15(19)16(2)9-6-10-17-11-16/h4-5,7-8,12,17H,6,9-11H2,1-3H3,(H,18,19)/t12-,16?/m0/s1. The Balaban J connectivity index is 2.07. The van der Waals surface area contributed by atoms with E-state index in [0.717, 1.165) is 37.2 Å². The summed E-state index contributed by atoms with van der Waals surface area (Å²) in [5, 5.41) is 6.43. The van der Waals surface area contributed by atoms with Gasteiger partial charge in [-0.3, -0.25) is 4.79 Å². The molecule has 1 amide bonds. The zero-order valence-corrected chi connectivity index (χ0v) is 12.5. The van der Waals surface area contributed by atoms with Crippen molar-refractivity contribution in [2.24, 2.45) is 5.41 Å². The number of amides is 1. The lowest BCUT2D eigenvalue weighted by atomic mass is 9.81. The highest BCUT2D eigenvalue weighted by atomic mass is 16.5. The average molecular weight is 276 g/mol. The van der Waals surface area contributed by atoms with Crippen LogP contribution in [-0.4, -0.2) is 26.1 Å². The summed E-state index contributed by atoms with van der Waals surface area (Å²) in [7, 11) is 1.65. The lowest BCUT2D eigenvalue weighted by Gasteiger charge is -2.34. The number of benzene rings is 1. The molecule has 1 aliphatic heterocycles. The van der Waals surface area contributed by atoms with E-state index in [0.29, 0.717) is 0 Å². The van der Waals surface area contributed by atoms with E-state index in [2.05, 4.69) is 10.6 Å². The number of methoxy groups -OCH3 is 1. The van der Waals surface area contributed by atoms with Crippen molar-refractivity contribution in [3.8, 4) is 5.75 Å². The number of para-hydroxylation sites is 1. The number of ether oxygens (including phenoxy) is 1. The molecular weight excluding hydrogens is 252 g/mol. The van der Waals surface area contributed by atoms with Gasteiger partial charge in [0.05, 0.1) is 18.6 Å². The van der Waals surface area contributed by atoms with Crippen molar-refractivity contribution >= 4 is 5.91 Å². The summed E-state index contributed by atoms with van der Waals surface area (Å²) in [6.45, 7) is 5.78. The van der Waals surface area contributed by atoms with Crippen LogP contribution in [0.5, 0.6) is 5.75 Å². The molecule has 0 radical (unpaired) electrons. The van der Waals surface area contributed by atoms with Crippen LogP contribution in [-0.2, 0) is 4.79 Å². The minimum atomic E-state index is -0.311. The van der Waals surface area contributed by atoms with Crippen LogP contribution in [0, 0.1) is 5.41 Å². The molecule has 0 bridgehead atoms. The predicted molar refractivity (Wildman–Crippen MR) is 79.8 cm³/mol. The Morgan fingerprint density at radius 2 is 2.20 bits per heavy atom. The minimum Gasteiger partial charge on any atom is -0.496 e. The second-order valence-corrected chi connectivity index (χ2v) is 5.78. The summed E-state index contributed by atoms with van der Waals surface area (Å²) in [5.74, 6) is 0.926. The van der Waals surface area contributed by atoms with Gasteiger partial charge in [0.15, 0.2) is 0 Å². The summed E-state index contributed by atoms with van der Waals surface area (Å²) < 4.78 is 5.36. The maximum atomic E-state index is 12.5. The Hall–Kier alpha value is -1.55. The third-order valence-electron chi connectivity index (χ3n) is 4.10. The zero-order chi connectivity index (χ0) is 14.6. The maximum absolute atomic E-state index is 12.5. The molecule has 110 valence electrons. The van der Waals surface area contributed by atoms with Crippen molar-refractivity contribution in [1.29, 1.82) is 0 Å². The molecule has 1 aromatic rings. The Kier molecular flexibility index (Phi) is 4.65. The van der Waals surface area contributed by atoms with Crippen molar-refractivity contribution in [2.45, 2.75) is 32.7 Å². The van der Waals surface area contributed by atoms with E-state index >= 15 is 0 Å². The fourth-order valence-corrected chi connectivity index (χ4v) is 2.72. The molecule has 1 fully saturated rings. The van der Waals surface area contributed by atoms with Gasteiger partial charge in [-0.2, -0.15) is 0 Å². The highest BCUT2D eigenvalue weighted by Crippen LogP contribution is 2.29. The van der Waals surface area contributed by atoms with E-state index in [-0.39, 0.29) is 17.4 Å². The molecule has 1 saturated heterocycles. The lowest BCUT2D eigenvalue weighted by molar-refractivity contribution is -0.131. The Bertz CT molecular complexity index is 467. The Morgan fingerprint density at radius 1 is 1.45 bits per heavy atom. The maximum Gasteiger partial charge on any atom is 0.227 e. The van der Waals surface area contributed by atoms with Gasteiger partial charge in [-0.1, -0.05) is 18.2 Å². The van der Waals surface area contributed by atoms with Crippen molar-refractivity contribution in [3.05, 3.63) is 29.8 Å². The van der Waals surface area contributed by atoms with Gasteiger partial charge in [-0.15, -0.1) is 0 Å². The van der Waals surface area contributed by atoms with Crippen LogP contribution in [0.2, 0.25) is 0 Å². The molecule has 1 unspecified atom stereocenters. The van der Waals surface area contributed by atoms with E-state index < -0.39 is 0 Å². The molecule has 1 aliphatic rings. The molecule has 4 heteroatoms. The molecule has 1 heterocycles. The number of hydrogen-bond acceptors (Lipinski definition) is 3. The minimum absolute atomic E-state index is 0.0580. The fourth-order valence-electron chi connectivity index (χ4n) is 2.72. The van der Waals surface area contributed by atoms with Crippen molar-refractivity contribution < 1.29 is 9.53 Å². The molecule has 2 N–H and O–H groups in total. The summed E-state index contributed by atoms with van der Waals surface area (Å²) in [5.41, 5.74) is 0.699. The van der Waals surface area contributed by atoms with Gasteiger partial charge >= 0.3 is 0 Å². The molecule has 0 saturated carbocycles. The van der Waals surface area contributed by atoms with Gasteiger partial charge in [-0.05, 0) is 39.3 Å². The highest BCUT2D eigenvalue weighted by Gasteiger charge is 2.35. The van der Waals surface area contributed by atoms with Crippen LogP contribution < -0.4 is 15.4 Å². The number of hydrogen-bond donors (Lipinski definition) is 2. The number of carbonyl (C=O) groups excluding carboxylic acids is 1. The first-order valence-electron chi connectivity index (χ1n) is 7.21. The summed E-state index contributed by atoms with van der Waals surface area (Å²) >= 11 is 0. The molecular formula is C16H24N2O2. The van der Waals surface area contributed by atoms with Gasteiger partial charge in [0.2, 0.25) is 5.91 Å². The van der Waals surface area contributed by atoms with E-state index in [9.17, 15) is 4.79 Å². The van der Waals surface area contributed by atoms with Crippen LogP contribution in [0.1, 0.15) is 38.3 Å². The van der Waals surface area contributed by atoms with Crippen LogP contribution >= 0.6 is 0 Å². The van der Waals surface area contributed by atoms with Crippen LogP contribution in [0.25, 0.3) is 0 Å². The number of piperidine rings is 1. The Morgan fingerprint density at radius 3 is 2.85 bits per heavy atom. The predicted octanol–water partition coefficient (Wildman–Crippen LogP) is 2.26. The molecule has 1 aromatic carbocycles. The first-order chi connectivity index (χ1) is 9.57. The van der Waals surface area contributed by atoms with Gasteiger partial charge in [0.25, 0.3) is 0 Å². The van der Waals surface area contributed by atoms with Crippen molar-refractivity contribution in [1.82, 2.24) is 10.6 Å². The largest absolute Gasteiger partial charge is 0.496 e. The number of nitrogens with one attached hydrogen (secondary N) is 2. The summed E-state index contributed by atoms with van der Waals surface area (Å²) in [6.07, 6.45) is 1.98. The molecule has 0 aromatic heterocycles. The van der Waals surface area contributed by atoms with Crippen LogP contribution in [0.15, 0.2) is 24.3 Å². The second-order valence-electron chi connectivity index (χ2n) is 5.78. The Labute approximate surface area is 120 Å². The average Bonchev–Trinajstić information content (AvgIpc) is 2.47. The molecule has 20 heavy (non-hydrogen) atoms.